The molecule has 0 aliphatic carbocycles. The first-order chi connectivity index (χ1) is 13.9. The highest BCUT2D eigenvalue weighted by molar-refractivity contribution is 5.89. The summed E-state index contributed by atoms with van der Waals surface area (Å²) in [5.74, 6) is -1.15. The molecule has 2 rings (SSSR count). The molecule has 2 aromatic carbocycles. The van der Waals surface area contributed by atoms with E-state index in [0.29, 0.717) is 5.75 Å². The Kier molecular flexibility index (Phi) is 8.02. The van der Waals surface area contributed by atoms with Crippen molar-refractivity contribution in [1.82, 2.24) is 10.6 Å². The summed E-state index contributed by atoms with van der Waals surface area (Å²) in [4.78, 5) is 35.7. The second kappa shape index (κ2) is 10.7. The van der Waals surface area contributed by atoms with Crippen LogP contribution < -0.4 is 15.4 Å². The number of nitrogens with one attached hydrogen (secondary N) is 2. The van der Waals surface area contributed by atoms with Crippen LogP contribution in [0.3, 0.4) is 0 Å². The van der Waals surface area contributed by atoms with Crippen molar-refractivity contribution in [3.05, 3.63) is 65.7 Å². The Bertz CT molecular complexity index is 823. The lowest BCUT2D eigenvalue weighted by Crippen LogP contribution is -2.51. The van der Waals surface area contributed by atoms with E-state index in [4.69, 9.17) is 9.47 Å². The largest absolute Gasteiger partial charge is 0.497 e. The van der Waals surface area contributed by atoms with Gasteiger partial charge >= 0.3 is 12.1 Å². The van der Waals surface area contributed by atoms with Crippen LogP contribution in [0.15, 0.2) is 54.6 Å². The van der Waals surface area contributed by atoms with Crippen LogP contribution in [0.2, 0.25) is 0 Å². The van der Waals surface area contributed by atoms with Crippen molar-refractivity contribution in [2.24, 2.45) is 0 Å². The number of amides is 2. The van der Waals surface area contributed by atoms with E-state index < -0.39 is 30.1 Å². The Balaban J connectivity index is 1.85. The molecule has 2 aromatic rings. The van der Waals surface area contributed by atoms with Crippen LogP contribution in [0.1, 0.15) is 18.1 Å². The summed E-state index contributed by atoms with van der Waals surface area (Å²) in [7, 11) is 1.54. The Hall–Kier alpha value is -3.55. The second-order valence-electron chi connectivity index (χ2n) is 6.38. The van der Waals surface area contributed by atoms with Gasteiger partial charge in [-0.2, -0.15) is 0 Å². The van der Waals surface area contributed by atoms with E-state index >= 15 is 0 Å². The zero-order valence-electron chi connectivity index (χ0n) is 16.3. The molecule has 0 spiro atoms. The predicted molar refractivity (Wildman–Crippen MR) is 105 cm³/mol. The van der Waals surface area contributed by atoms with Crippen molar-refractivity contribution in [2.45, 2.75) is 32.0 Å². The Morgan fingerprint density at radius 3 is 2.21 bits per heavy atom. The van der Waals surface area contributed by atoms with Gasteiger partial charge in [-0.3, -0.25) is 4.79 Å². The topological polar surface area (TPSA) is 114 Å². The highest BCUT2D eigenvalue weighted by Gasteiger charge is 2.24. The van der Waals surface area contributed by atoms with Gasteiger partial charge in [0.1, 0.15) is 24.4 Å². The number of benzene rings is 2. The minimum absolute atomic E-state index is 0.0657. The molecule has 0 saturated heterocycles. The van der Waals surface area contributed by atoms with Crippen molar-refractivity contribution < 1.29 is 29.0 Å². The first-order valence-corrected chi connectivity index (χ1v) is 9.02. The molecule has 0 aromatic heterocycles. The van der Waals surface area contributed by atoms with Crippen LogP contribution in [-0.2, 0) is 27.4 Å². The number of carboxylic acids is 1. The Morgan fingerprint density at radius 2 is 1.62 bits per heavy atom. The molecule has 0 aliphatic rings. The summed E-state index contributed by atoms with van der Waals surface area (Å²) in [6.07, 6.45) is -0.672. The van der Waals surface area contributed by atoms with Crippen LogP contribution in [0.25, 0.3) is 0 Å². The zero-order valence-corrected chi connectivity index (χ0v) is 16.3. The maximum absolute atomic E-state index is 12.3. The molecular weight excluding hydrogens is 376 g/mol. The second-order valence-corrected chi connectivity index (χ2v) is 6.38. The van der Waals surface area contributed by atoms with E-state index in [1.54, 1.807) is 36.4 Å². The number of carbonyl (C=O) groups excluding carboxylic acids is 2. The highest BCUT2D eigenvalue weighted by Crippen LogP contribution is 2.13. The Morgan fingerprint density at radius 1 is 0.966 bits per heavy atom. The standard InChI is InChI=1S/C21H24N2O6/c1-14(22-21(27)29-13-16-6-4-3-5-7-16)19(24)23-18(20(25)26)12-15-8-10-17(28-2)11-9-15/h3-11,14,18H,12-13H2,1-2H3,(H,22,27)(H,23,24)(H,25,26)/t14-,18?/m0/s1. The molecule has 2 atom stereocenters. The molecule has 0 radical (unpaired) electrons. The van der Waals surface area contributed by atoms with Crippen molar-refractivity contribution in [1.29, 1.82) is 0 Å². The van der Waals surface area contributed by atoms with Crippen LogP contribution in [0, 0.1) is 0 Å². The smallest absolute Gasteiger partial charge is 0.408 e. The van der Waals surface area contributed by atoms with Gasteiger partial charge in [0.15, 0.2) is 0 Å². The summed E-state index contributed by atoms with van der Waals surface area (Å²) in [6.45, 7) is 1.52. The molecule has 3 N–H and O–H groups in total. The molecule has 8 nitrogen and oxygen atoms in total. The van der Waals surface area contributed by atoms with Crippen LogP contribution >= 0.6 is 0 Å². The third kappa shape index (κ3) is 7.17. The normalized spacial score (nSPS) is 12.3. The summed E-state index contributed by atoms with van der Waals surface area (Å²) < 4.78 is 10.1. The minimum atomic E-state index is -1.17. The number of ether oxygens (including phenoxy) is 2. The molecule has 0 saturated carbocycles. The number of rotatable bonds is 9. The lowest BCUT2D eigenvalue weighted by atomic mass is 10.1. The van der Waals surface area contributed by atoms with Gasteiger partial charge in [0.2, 0.25) is 5.91 Å². The maximum Gasteiger partial charge on any atom is 0.408 e. The fraction of sp³-hybridized carbons (Fsp3) is 0.286. The third-order valence-corrected chi connectivity index (χ3v) is 4.15. The molecule has 2 amide bonds. The van der Waals surface area contributed by atoms with Gasteiger partial charge in [0.05, 0.1) is 7.11 Å². The molecule has 0 aliphatic heterocycles. The summed E-state index contributed by atoms with van der Waals surface area (Å²) in [5, 5.41) is 14.2. The average molecular weight is 400 g/mol. The number of methoxy groups -OCH3 is 1. The van der Waals surface area contributed by atoms with Gasteiger partial charge in [-0.05, 0) is 30.2 Å². The van der Waals surface area contributed by atoms with Gasteiger partial charge in [-0.15, -0.1) is 0 Å². The fourth-order valence-corrected chi connectivity index (χ4v) is 2.50. The minimum Gasteiger partial charge on any atom is -0.497 e. The van der Waals surface area contributed by atoms with Gasteiger partial charge in [0, 0.05) is 6.42 Å². The maximum atomic E-state index is 12.3. The molecule has 0 fully saturated rings. The van der Waals surface area contributed by atoms with Crippen molar-refractivity contribution in [3.63, 3.8) is 0 Å². The van der Waals surface area contributed by atoms with Crippen LogP contribution in [-0.4, -0.2) is 42.3 Å². The van der Waals surface area contributed by atoms with Crippen molar-refractivity contribution in [3.8, 4) is 5.75 Å². The van der Waals surface area contributed by atoms with E-state index in [1.807, 2.05) is 18.2 Å². The molecule has 0 heterocycles. The summed E-state index contributed by atoms with van der Waals surface area (Å²) in [6, 6.07) is 13.9. The summed E-state index contributed by atoms with van der Waals surface area (Å²) >= 11 is 0. The van der Waals surface area contributed by atoms with Gasteiger partial charge in [0.25, 0.3) is 0 Å². The van der Waals surface area contributed by atoms with Crippen molar-refractivity contribution in [2.75, 3.05) is 7.11 Å². The van der Waals surface area contributed by atoms with Gasteiger partial charge in [-0.25, -0.2) is 9.59 Å². The fourth-order valence-electron chi connectivity index (χ4n) is 2.50. The van der Waals surface area contributed by atoms with E-state index in [2.05, 4.69) is 10.6 Å². The predicted octanol–water partition coefficient (Wildman–Crippen LogP) is 2.12. The highest BCUT2D eigenvalue weighted by atomic mass is 16.5. The molecule has 29 heavy (non-hydrogen) atoms. The van der Waals surface area contributed by atoms with Crippen LogP contribution in [0.5, 0.6) is 5.75 Å². The Labute approximate surface area is 168 Å². The van der Waals surface area contributed by atoms with E-state index in [1.165, 1.54) is 14.0 Å². The number of hydrogen-bond acceptors (Lipinski definition) is 5. The lowest BCUT2D eigenvalue weighted by Gasteiger charge is -2.19. The van der Waals surface area contributed by atoms with E-state index in [-0.39, 0.29) is 13.0 Å². The monoisotopic (exact) mass is 400 g/mol. The third-order valence-electron chi connectivity index (χ3n) is 4.15. The number of carbonyl (C=O) groups is 3. The zero-order chi connectivity index (χ0) is 21.2. The van der Waals surface area contributed by atoms with E-state index in [0.717, 1.165) is 11.1 Å². The summed E-state index contributed by atoms with van der Waals surface area (Å²) in [5.41, 5.74) is 1.53. The number of carboxylic acid groups (broad SMARTS) is 1. The molecule has 154 valence electrons. The number of hydrogen-bond donors (Lipinski definition) is 3. The van der Waals surface area contributed by atoms with E-state index in [9.17, 15) is 19.5 Å². The van der Waals surface area contributed by atoms with Crippen LogP contribution in [0.4, 0.5) is 4.79 Å². The quantitative estimate of drug-likeness (QED) is 0.594. The molecule has 0 bridgehead atoms. The van der Waals surface area contributed by atoms with Gasteiger partial charge < -0.3 is 25.2 Å². The number of aliphatic carboxylic acids is 1. The lowest BCUT2D eigenvalue weighted by molar-refractivity contribution is -0.142. The SMILES string of the molecule is COc1ccc(CC(NC(=O)[C@H](C)NC(=O)OCc2ccccc2)C(=O)O)cc1. The molecule has 1 unspecified atom stereocenters. The first-order valence-electron chi connectivity index (χ1n) is 9.02. The number of alkyl carbamates (subject to hydrolysis) is 1. The average Bonchev–Trinajstić information content (AvgIpc) is 2.72. The molecule has 8 heteroatoms. The first kappa shape index (κ1) is 21.7. The van der Waals surface area contributed by atoms with Crippen molar-refractivity contribution >= 4 is 18.0 Å². The van der Waals surface area contributed by atoms with Gasteiger partial charge in [-0.1, -0.05) is 42.5 Å². The molecular formula is C21H24N2O6.